The predicted molar refractivity (Wildman–Crippen MR) is 90.7 cm³/mol. The Kier molecular flexibility index (Phi) is 6.01. The number of aryl methyl sites for hydroxylation is 1. The molecule has 22 heavy (non-hydrogen) atoms. The second-order valence-corrected chi connectivity index (χ2v) is 5.90. The Labute approximate surface area is 139 Å². The highest BCUT2D eigenvalue weighted by Gasteiger charge is 2.11. The maximum atomic E-state index is 12.1. The van der Waals surface area contributed by atoms with Crippen molar-refractivity contribution < 1.29 is 14.3 Å². The Morgan fingerprint density at radius 3 is 2.50 bits per heavy atom. The summed E-state index contributed by atoms with van der Waals surface area (Å²) in [5, 5.41) is 0. The summed E-state index contributed by atoms with van der Waals surface area (Å²) >= 11 is 3.40. The zero-order valence-electron chi connectivity index (χ0n) is 12.8. The molecule has 2 aromatic carbocycles. The molecular weight excluding hydrogens is 344 g/mol. The number of carbonyl (C=O) groups is 1. The zero-order valence-corrected chi connectivity index (χ0v) is 14.4. The molecule has 0 unspecified atom stereocenters. The number of esters is 1. The minimum Gasteiger partial charge on any atom is -0.494 e. The van der Waals surface area contributed by atoms with Crippen molar-refractivity contribution in [3.8, 4) is 11.5 Å². The molecule has 2 aromatic rings. The molecule has 0 saturated heterocycles. The average Bonchev–Trinajstić information content (AvgIpc) is 2.51. The number of unbranched alkanes of at least 4 members (excludes halogenated alkanes) is 1. The van der Waals surface area contributed by atoms with E-state index in [1.54, 1.807) is 30.3 Å². The van der Waals surface area contributed by atoms with E-state index in [2.05, 4.69) is 22.9 Å². The minimum absolute atomic E-state index is 0.385. The fourth-order valence-corrected chi connectivity index (χ4v) is 2.44. The van der Waals surface area contributed by atoms with Gasteiger partial charge in [0, 0.05) is 0 Å². The second-order valence-electron chi connectivity index (χ2n) is 5.05. The number of benzene rings is 2. The van der Waals surface area contributed by atoms with E-state index in [1.807, 2.05) is 19.1 Å². The molecule has 0 amide bonds. The molecule has 0 saturated carbocycles. The Morgan fingerprint density at radius 1 is 1.14 bits per heavy atom. The molecule has 0 spiro atoms. The minimum atomic E-state index is -0.385. The molecule has 0 aliphatic carbocycles. The smallest absolute Gasteiger partial charge is 0.343 e. The van der Waals surface area contributed by atoms with Gasteiger partial charge in [-0.15, -0.1) is 0 Å². The normalized spacial score (nSPS) is 10.3. The van der Waals surface area contributed by atoms with Gasteiger partial charge in [0.2, 0.25) is 0 Å². The topological polar surface area (TPSA) is 35.5 Å². The first-order chi connectivity index (χ1) is 10.6. The first-order valence-corrected chi connectivity index (χ1v) is 8.10. The molecular formula is C18H19BrO3. The van der Waals surface area contributed by atoms with E-state index in [4.69, 9.17) is 9.47 Å². The van der Waals surface area contributed by atoms with Gasteiger partial charge in [-0.3, -0.25) is 0 Å². The van der Waals surface area contributed by atoms with Crippen molar-refractivity contribution in [1.82, 2.24) is 0 Å². The van der Waals surface area contributed by atoms with Crippen LogP contribution in [-0.4, -0.2) is 12.6 Å². The van der Waals surface area contributed by atoms with Crippen LogP contribution < -0.4 is 9.47 Å². The van der Waals surface area contributed by atoms with Gasteiger partial charge in [0.1, 0.15) is 11.5 Å². The summed E-state index contributed by atoms with van der Waals surface area (Å²) in [5.41, 5.74) is 1.59. The molecule has 0 aromatic heterocycles. The molecule has 2 rings (SSSR count). The molecule has 0 aliphatic heterocycles. The molecule has 0 radical (unpaired) electrons. The molecule has 0 N–H and O–H groups in total. The van der Waals surface area contributed by atoms with Gasteiger partial charge in [-0.05, 0) is 71.2 Å². The van der Waals surface area contributed by atoms with Gasteiger partial charge in [-0.1, -0.05) is 19.4 Å². The van der Waals surface area contributed by atoms with E-state index in [1.165, 1.54) is 0 Å². The molecule has 4 heteroatoms. The van der Waals surface area contributed by atoms with Crippen LogP contribution in [0.5, 0.6) is 11.5 Å². The molecule has 3 nitrogen and oxygen atoms in total. The number of rotatable bonds is 6. The third-order valence-corrected chi connectivity index (χ3v) is 3.77. The average molecular weight is 363 g/mol. The van der Waals surface area contributed by atoms with Crippen molar-refractivity contribution >= 4 is 21.9 Å². The van der Waals surface area contributed by atoms with E-state index < -0.39 is 0 Å². The lowest BCUT2D eigenvalue weighted by atomic mass is 10.2. The van der Waals surface area contributed by atoms with E-state index in [-0.39, 0.29) is 5.97 Å². The predicted octanol–water partition coefficient (Wildman–Crippen LogP) is 5.16. The van der Waals surface area contributed by atoms with Gasteiger partial charge in [-0.2, -0.15) is 0 Å². The van der Waals surface area contributed by atoms with Crippen LogP contribution in [0.1, 0.15) is 35.7 Å². The Morgan fingerprint density at radius 2 is 1.86 bits per heavy atom. The first kappa shape index (κ1) is 16.6. The summed E-state index contributed by atoms with van der Waals surface area (Å²) in [6.45, 7) is 4.79. The second kappa shape index (κ2) is 7.99. The Bertz CT molecular complexity index is 635. The third-order valence-electron chi connectivity index (χ3n) is 3.15. The maximum Gasteiger partial charge on any atom is 0.343 e. The van der Waals surface area contributed by atoms with Gasteiger partial charge in [0.25, 0.3) is 0 Å². The van der Waals surface area contributed by atoms with Crippen LogP contribution in [0.4, 0.5) is 0 Å². The van der Waals surface area contributed by atoms with Crippen molar-refractivity contribution in [3.63, 3.8) is 0 Å². The van der Waals surface area contributed by atoms with Crippen molar-refractivity contribution in [3.05, 3.63) is 58.1 Å². The highest BCUT2D eigenvalue weighted by atomic mass is 79.9. The highest BCUT2D eigenvalue weighted by molar-refractivity contribution is 9.10. The van der Waals surface area contributed by atoms with Crippen molar-refractivity contribution in [2.24, 2.45) is 0 Å². The van der Waals surface area contributed by atoms with Crippen LogP contribution in [0.25, 0.3) is 0 Å². The van der Waals surface area contributed by atoms with Crippen molar-refractivity contribution in [2.75, 3.05) is 6.61 Å². The lowest BCUT2D eigenvalue weighted by Gasteiger charge is -2.08. The fourth-order valence-electron chi connectivity index (χ4n) is 1.87. The molecule has 0 heterocycles. The molecule has 0 bridgehead atoms. The SMILES string of the molecule is CCCCOc1ccc(C(=O)Oc2ccc(C)cc2Br)cc1. The lowest BCUT2D eigenvalue weighted by Crippen LogP contribution is -2.09. The summed E-state index contributed by atoms with van der Waals surface area (Å²) < 4.78 is 11.7. The van der Waals surface area contributed by atoms with Crippen molar-refractivity contribution in [2.45, 2.75) is 26.7 Å². The monoisotopic (exact) mass is 362 g/mol. The maximum absolute atomic E-state index is 12.1. The zero-order chi connectivity index (χ0) is 15.9. The Balaban J connectivity index is 2.00. The van der Waals surface area contributed by atoms with E-state index in [9.17, 15) is 4.79 Å². The summed E-state index contributed by atoms with van der Waals surface area (Å²) in [7, 11) is 0. The largest absolute Gasteiger partial charge is 0.494 e. The number of halogens is 1. The molecule has 116 valence electrons. The summed E-state index contributed by atoms with van der Waals surface area (Å²) in [4.78, 5) is 12.1. The first-order valence-electron chi connectivity index (χ1n) is 7.31. The molecule has 0 atom stereocenters. The van der Waals surface area contributed by atoms with Crippen LogP contribution in [-0.2, 0) is 0 Å². The third kappa shape index (κ3) is 4.60. The summed E-state index contributed by atoms with van der Waals surface area (Å²) in [6.07, 6.45) is 2.11. The van der Waals surface area contributed by atoms with Gasteiger partial charge in [0.15, 0.2) is 0 Å². The van der Waals surface area contributed by atoms with Gasteiger partial charge in [0.05, 0.1) is 16.6 Å². The van der Waals surface area contributed by atoms with Gasteiger partial charge < -0.3 is 9.47 Å². The molecule has 0 fully saturated rings. The van der Waals surface area contributed by atoms with Crippen LogP contribution in [0.3, 0.4) is 0 Å². The van der Waals surface area contributed by atoms with E-state index in [0.717, 1.165) is 28.6 Å². The van der Waals surface area contributed by atoms with E-state index >= 15 is 0 Å². The van der Waals surface area contributed by atoms with Crippen LogP contribution >= 0.6 is 15.9 Å². The quantitative estimate of drug-likeness (QED) is 0.404. The Hall–Kier alpha value is -1.81. The fraction of sp³-hybridized carbons (Fsp3) is 0.278. The number of carbonyl (C=O) groups excluding carboxylic acids is 1. The van der Waals surface area contributed by atoms with Crippen LogP contribution in [0.15, 0.2) is 46.9 Å². The van der Waals surface area contributed by atoms with E-state index in [0.29, 0.717) is 17.9 Å². The van der Waals surface area contributed by atoms with Crippen LogP contribution in [0, 0.1) is 6.92 Å². The van der Waals surface area contributed by atoms with Crippen molar-refractivity contribution in [1.29, 1.82) is 0 Å². The summed E-state index contributed by atoms with van der Waals surface area (Å²) in [5.74, 6) is 0.894. The van der Waals surface area contributed by atoms with Gasteiger partial charge >= 0.3 is 5.97 Å². The number of ether oxygens (including phenoxy) is 2. The highest BCUT2D eigenvalue weighted by Crippen LogP contribution is 2.26. The number of hydrogen-bond acceptors (Lipinski definition) is 3. The number of hydrogen-bond donors (Lipinski definition) is 0. The van der Waals surface area contributed by atoms with Gasteiger partial charge in [-0.25, -0.2) is 4.79 Å². The molecule has 0 aliphatic rings. The standard InChI is InChI=1S/C18H19BrO3/c1-3-4-11-21-15-8-6-14(7-9-15)18(20)22-17-10-5-13(2)12-16(17)19/h5-10,12H,3-4,11H2,1-2H3. The lowest BCUT2D eigenvalue weighted by molar-refractivity contribution is 0.0733. The summed E-state index contributed by atoms with van der Waals surface area (Å²) in [6, 6.07) is 12.6. The van der Waals surface area contributed by atoms with Crippen LogP contribution in [0.2, 0.25) is 0 Å².